The van der Waals surface area contributed by atoms with Crippen LogP contribution < -0.4 is 10.6 Å². The molecule has 0 unspecified atom stereocenters. The first kappa shape index (κ1) is 15.4. The fraction of sp³-hybridized carbons (Fsp3) is 0.200. The second kappa shape index (κ2) is 7.71. The van der Waals surface area contributed by atoms with Crippen LogP contribution in [0, 0.1) is 11.3 Å². The number of methoxy groups -OCH3 is 1. The zero-order valence-corrected chi connectivity index (χ0v) is 12.0. The van der Waals surface area contributed by atoms with Crippen molar-refractivity contribution in [1.29, 1.82) is 5.26 Å². The highest BCUT2D eigenvalue weighted by Gasteiger charge is 2.07. The van der Waals surface area contributed by atoms with Crippen molar-refractivity contribution < 1.29 is 9.53 Å². The van der Waals surface area contributed by atoms with E-state index in [0.717, 1.165) is 0 Å². The van der Waals surface area contributed by atoms with E-state index < -0.39 is 0 Å². The molecule has 1 aromatic carbocycles. The highest BCUT2D eigenvalue weighted by molar-refractivity contribution is 6.03. The molecule has 0 aliphatic heterocycles. The van der Waals surface area contributed by atoms with E-state index in [9.17, 15) is 4.79 Å². The molecule has 112 valence electrons. The molecule has 22 heavy (non-hydrogen) atoms. The number of nitrogens with one attached hydrogen (secondary N) is 2. The van der Waals surface area contributed by atoms with E-state index in [4.69, 9.17) is 10.00 Å². The molecule has 2 N–H and O–H groups in total. The molecule has 1 aromatic heterocycles. The normalized spacial score (nSPS) is 9.82. The molecule has 7 nitrogen and oxygen atoms in total. The van der Waals surface area contributed by atoms with Gasteiger partial charge in [0.05, 0.1) is 23.8 Å². The lowest BCUT2D eigenvalue weighted by molar-refractivity contribution is 0.102. The lowest BCUT2D eigenvalue weighted by Gasteiger charge is -2.06. The number of nitrogens with zero attached hydrogens (tertiary/aromatic N) is 3. The third-order valence-corrected chi connectivity index (χ3v) is 2.78. The molecule has 0 saturated carbocycles. The fourth-order valence-corrected chi connectivity index (χ4v) is 1.63. The van der Waals surface area contributed by atoms with Crippen molar-refractivity contribution >= 4 is 17.5 Å². The number of anilines is 2. The zero-order valence-electron chi connectivity index (χ0n) is 12.0. The summed E-state index contributed by atoms with van der Waals surface area (Å²) in [5.41, 5.74) is 1.49. The van der Waals surface area contributed by atoms with Gasteiger partial charge in [0, 0.05) is 31.7 Å². The topological polar surface area (TPSA) is 99.9 Å². The summed E-state index contributed by atoms with van der Waals surface area (Å²) in [6.45, 7) is 1.14. The molecule has 0 aliphatic rings. The number of carbonyl (C=O) groups is 1. The van der Waals surface area contributed by atoms with Crippen molar-refractivity contribution in [3.05, 3.63) is 47.8 Å². The monoisotopic (exact) mass is 297 g/mol. The first-order valence-corrected chi connectivity index (χ1v) is 6.59. The van der Waals surface area contributed by atoms with Gasteiger partial charge < -0.3 is 15.4 Å². The third kappa shape index (κ3) is 4.26. The number of carbonyl (C=O) groups excluding carboxylic acids is 1. The van der Waals surface area contributed by atoms with Crippen LogP contribution in [0.3, 0.4) is 0 Å². The number of hydrogen-bond acceptors (Lipinski definition) is 6. The Morgan fingerprint density at radius 3 is 2.55 bits per heavy atom. The van der Waals surface area contributed by atoms with Gasteiger partial charge in [0.15, 0.2) is 0 Å². The van der Waals surface area contributed by atoms with Gasteiger partial charge in [-0.3, -0.25) is 4.79 Å². The Balaban J connectivity index is 1.95. The Labute approximate surface area is 128 Å². The van der Waals surface area contributed by atoms with Crippen LogP contribution in [0.1, 0.15) is 15.9 Å². The van der Waals surface area contributed by atoms with Crippen LogP contribution in [-0.4, -0.2) is 36.1 Å². The Bertz CT molecular complexity index is 662. The molecule has 0 radical (unpaired) electrons. The molecule has 0 aliphatic carbocycles. The lowest BCUT2D eigenvalue weighted by atomic mass is 10.2. The number of aromatic nitrogens is 2. The van der Waals surface area contributed by atoms with Gasteiger partial charge in [0.1, 0.15) is 0 Å². The highest BCUT2D eigenvalue weighted by Crippen LogP contribution is 2.10. The minimum Gasteiger partial charge on any atom is -0.383 e. The van der Waals surface area contributed by atoms with Crippen molar-refractivity contribution in [3.63, 3.8) is 0 Å². The summed E-state index contributed by atoms with van der Waals surface area (Å²) >= 11 is 0. The van der Waals surface area contributed by atoms with Crippen LogP contribution >= 0.6 is 0 Å². The largest absolute Gasteiger partial charge is 0.383 e. The lowest BCUT2D eigenvalue weighted by Crippen LogP contribution is -2.14. The summed E-state index contributed by atoms with van der Waals surface area (Å²) in [4.78, 5) is 20.2. The summed E-state index contributed by atoms with van der Waals surface area (Å²) in [5, 5.41) is 14.4. The molecule has 0 saturated heterocycles. The van der Waals surface area contributed by atoms with Gasteiger partial charge in [-0.2, -0.15) is 5.26 Å². The van der Waals surface area contributed by atoms with E-state index in [1.54, 1.807) is 31.4 Å². The summed E-state index contributed by atoms with van der Waals surface area (Å²) in [6, 6.07) is 8.61. The number of amides is 1. The number of rotatable bonds is 6. The average molecular weight is 297 g/mol. The van der Waals surface area contributed by atoms with Gasteiger partial charge in [-0.1, -0.05) is 0 Å². The van der Waals surface area contributed by atoms with Gasteiger partial charge in [-0.15, -0.1) is 0 Å². The Hall–Kier alpha value is -2.98. The summed E-state index contributed by atoms with van der Waals surface area (Å²) in [7, 11) is 1.61. The maximum atomic E-state index is 12.0. The second-order valence-corrected chi connectivity index (χ2v) is 4.36. The highest BCUT2D eigenvalue weighted by atomic mass is 16.5. The van der Waals surface area contributed by atoms with Gasteiger partial charge in [0.2, 0.25) is 5.95 Å². The summed E-state index contributed by atoms with van der Waals surface area (Å²) in [5.74, 6) is 0.125. The summed E-state index contributed by atoms with van der Waals surface area (Å²) in [6.07, 6.45) is 2.89. The van der Waals surface area contributed by atoms with Crippen LogP contribution in [0.15, 0.2) is 36.7 Å². The second-order valence-electron chi connectivity index (χ2n) is 4.36. The Morgan fingerprint density at radius 2 is 1.95 bits per heavy atom. The van der Waals surface area contributed by atoms with Gasteiger partial charge in [-0.05, 0) is 24.3 Å². The minimum absolute atomic E-state index is 0.312. The zero-order chi connectivity index (χ0) is 15.8. The molecule has 2 aromatic rings. The molecule has 7 heteroatoms. The van der Waals surface area contributed by atoms with Crippen LogP contribution in [0.4, 0.5) is 11.6 Å². The predicted molar refractivity (Wildman–Crippen MR) is 81.5 cm³/mol. The van der Waals surface area contributed by atoms with E-state index in [-0.39, 0.29) is 5.91 Å². The molecule has 1 heterocycles. The number of nitriles is 1. The fourth-order valence-electron chi connectivity index (χ4n) is 1.63. The third-order valence-electron chi connectivity index (χ3n) is 2.78. The van der Waals surface area contributed by atoms with Crippen LogP contribution in [0.5, 0.6) is 0 Å². The van der Waals surface area contributed by atoms with Crippen molar-refractivity contribution in [1.82, 2.24) is 9.97 Å². The molecule has 1 amide bonds. The summed E-state index contributed by atoms with van der Waals surface area (Å²) < 4.78 is 4.91. The van der Waals surface area contributed by atoms with Crippen molar-refractivity contribution in [3.8, 4) is 6.07 Å². The maximum absolute atomic E-state index is 12.0. The predicted octanol–water partition coefficient (Wildman–Crippen LogP) is 1.66. The van der Waals surface area contributed by atoms with Crippen LogP contribution in [0.25, 0.3) is 0 Å². The molecular weight excluding hydrogens is 282 g/mol. The maximum Gasteiger partial charge on any atom is 0.258 e. The average Bonchev–Trinajstić information content (AvgIpc) is 2.56. The van der Waals surface area contributed by atoms with E-state index in [1.165, 1.54) is 12.4 Å². The van der Waals surface area contributed by atoms with E-state index in [0.29, 0.717) is 35.9 Å². The standard InChI is InChI=1S/C15H15N5O2/c1-22-7-6-17-15-18-9-12(10-19-15)14(21)20-13-4-2-11(8-16)3-5-13/h2-5,9-10H,6-7H2,1H3,(H,20,21)(H,17,18,19). The van der Waals surface area contributed by atoms with E-state index in [1.807, 2.05) is 6.07 Å². The van der Waals surface area contributed by atoms with Crippen LogP contribution in [-0.2, 0) is 4.74 Å². The molecule has 0 bridgehead atoms. The first-order chi connectivity index (χ1) is 10.7. The van der Waals surface area contributed by atoms with E-state index in [2.05, 4.69) is 20.6 Å². The minimum atomic E-state index is -0.312. The van der Waals surface area contributed by atoms with Crippen molar-refractivity contribution in [2.24, 2.45) is 0 Å². The van der Waals surface area contributed by atoms with Crippen LogP contribution in [0.2, 0.25) is 0 Å². The number of benzene rings is 1. The smallest absolute Gasteiger partial charge is 0.258 e. The molecule has 2 rings (SSSR count). The van der Waals surface area contributed by atoms with Crippen molar-refractivity contribution in [2.45, 2.75) is 0 Å². The Kier molecular flexibility index (Phi) is 5.40. The number of hydrogen-bond donors (Lipinski definition) is 2. The molecular formula is C15H15N5O2. The van der Waals surface area contributed by atoms with Gasteiger partial charge in [0.25, 0.3) is 5.91 Å². The molecule has 0 atom stereocenters. The first-order valence-electron chi connectivity index (χ1n) is 6.59. The quantitative estimate of drug-likeness (QED) is 0.786. The molecule has 0 spiro atoms. The SMILES string of the molecule is COCCNc1ncc(C(=O)Nc2ccc(C#N)cc2)cn1. The van der Waals surface area contributed by atoms with Gasteiger partial charge >= 0.3 is 0 Å². The Morgan fingerprint density at radius 1 is 1.27 bits per heavy atom. The molecule has 0 fully saturated rings. The van der Waals surface area contributed by atoms with Crippen molar-refractivity contribution in [2.75, 3.05) is 30.9 Å². The number of ether oxygens (including phenoxy) is 1. The van der Waals surface area contributed by atoms with E-state index >= 15 is 0 Å². The van der Waals surface area contributed by atoms with Gasteiger partial charge in [-0.25, -0.2) is 9.97 Å².